The number of rotatable bonds is 5. The van der Waals surface area contributed by atoms with Crippen LogP contribution in [0.5, 0.6) is 0 Å². The van der Waals surface area contributed by atoms with Crippen molar-refractivity contribution >= 4 is 17.6 Å². The second-order valence-corrected chi connectivity index (χ2v) is 7.90. The molecule has 1 amide bonds. The largest absolute Gasteiger partial charge is 0.445 e. The number of likely N-dealkylation sites (tertiary alicyclic amines) is 1. The second kappa shape index (κ2) is 9.23. The number of pyridine rings is 1. The van der Waals surface area contributed by atoms with E-state index in [4.69, 9.17) is 4.74 Å². The summed E-state index contributed by atoms with van der Waals surface area (Å²) in [7, 11) is 0. The predicted molar refractivity (Wildman–Crippen MR) is 121 cm³/mol. The lowest BCUT2D eigenvalue weighted by Gasteiger charge is -2.35. The molecule has 3 aromatic heterocycles. The molecule has 1 aliphatic heterocycles. The Labute approximate surface area is 190 Å². The second-order valence-electron chi connectivity index (χ2n) is 7.90. The first-order chi connectivity index (χ1) is 16.2. The number of benzene rings is 1. The smallest absolute Gasteiger partial charge is 0.410 e. The zero-order valence-electron chi connectivity index (χ0n) is 17.8. The first-order valence-corrected chi connectivity index (χ1v) is 10.8. The maximum atomic E-state index is 14.7. The number of anilines is 1. The van der Waals surface area contributed by atoms with Crippen LogP contribution < -0.4 is 5.32 Å². The summed E-state index contributed by atoms with van der Waals surface area (Å²) in [4.78, 5) is 27.3. The van der Waals surface area contributed by atoms with Crippen molar-refractivity contribution in [3.05, 3.63) is 78.9 Å². The minimum Gasteiger partial charge on any atom is -0.445 e. The first kappa shape index (κ1) is 20.9. The lowest BCUT2D eigenvalue weighted by Crippen LogP contribution is -2.51. The number of carbonyl (C=O) groups is 1. The third-order valence-electron chi connectivity index (χ3n) is 5.64. The highest BCUT2D eigenvalue weighted by atomic mass is 19.1. The van der Waals surface area contributed by atoms with Gasteiger partial charge in [0.05, 0.1) is 30.3 Å². The average molecular weight is 446 g/mol. The molecule has 0 spiro atoms. The molecule has 1 fully saturated rings. The van der Waals surface area contributed by atoms with Gasteiger partial charge in [-0.05, 0) is 24.1 Å². The Morgan fingerprint density at radius 2 is 1.97 bits per heavy atom. The number of hydrogen-bond donors (Lipinski definition) is 1. The van der Waals surface area contributed by atoms with Crippen LogP contribution in [-0.4, -0.2) is 55.6 Å². The summed E-state index contributed by atoms with van der Waals surface area (Å²) in [6.07, 6.45) is 5.46. The van der Waals surface area contributed by atoms with Gasteiger partial charge in [-0.15, -0.1) is 0 Å². The van der Waals surface area contributed by atoms with Gasteiger partial charge in [-0.1, -0.05) is 36.4 Å². The first-order valence-electron chi connectivity index (χ1n) is 10.8. The van der Waals surface area contributed by atoms with Gasteiger partial charge in [0.1, 0.15) is 29.9 Å². The minimum absolute atomic E-state index is 0.177. The molecule has 0 bridgehead atoms. The highest BCUT2D eigenvalue weighted by Crippen LogP contribution is 2.22. The number of imidazole rings is 1. The number of nitrogens with one attached hydrogen (secondary N) is 1. The Hall–Kier alpha value is -4.01. The van der Waals surface area contributed by atoms with Gasteiger partial charge in [0.2, 0.25) is 0 Å². The van der Waals surface area contributed by atoms with Gasteiger partial charge < -0.3 is 15.0 Å². The number of fused-ring (bicyclic) bond motifs is 1. The number of amides is 1. The van der Waals surface area contributed by atoms with Crippen LogP contribution in [0.4, 0.5) is 15.0 Å². The summed E-state index contributed by atoms with van der Waals surface area (Å²) in [5.41, 5.74) is 3.10. The van der Waals surface area contributed by atoms with E-state index in [0.29, 0.717) is 18.1 Å². The van der Waals surface area contributed by atoms with Gasteiger partial charge in [0.15, 0.2) is 0 Å². The summed E-state index contributed by atoms with van der Waals surface area (Å²) >= 11 is 0. The molecular formula is C24H23FN6O2. The third-order valence-corrected chi connectivity index (χ3v) is 5.64. The third kappa shape index (κ3) is 4.62. The number of aromatic nitrogens is 4. The number of alkyl halides is 1. The molecule has 4 aromatic rings. The van der Waals surface area contributed by atoms with Crippen LogP contribution in [0.2, 0.25) is 0 Å². The highest BCUT2D eigenvalue weighted by molar-refractivity contribution is 5.68. The molecule has 0 radical (unpaired) electrons. The number of nitrogens with zero attached hydrogens (tertiary/aromatic N) is 5. The Kier molecular flexibility index (Phi) is 5.84. The quantitative estimate of drug-likeness (QED) is 0.500. The molecule has 0 aliphatic carbocycles. The normalized spacial score (nSPS) is 18.3. The van der Waals surface area contributed by atoms with Crippen molar-refractivity contribution in [3.8, 4) is 11.4 Å². The monoisotopic (exact) mass is 446 g/mol. The fraction of sp³-hybridized carbons (Fsp3) is 0.250. The molecule has 1 N–H and O–H groups in total. The Morgan fingerprint density at radius 1 is 1.12 bits per heavy atom. The van der Waals surface area contributed by atoms with E-state index in [1.807, 2.05) is 59.1 Å². The maximum Gasteiger partial charge on any atom is 0.410 e. The van der Waals surface area contributed by atoms with Crippen LogP contribution in [0.1, 0.15) is 12.0 Å². The molecule has 2 unspecified atom stereocenters. The van der Waals surface area contributed by atoms with E-state index in [2.05, 4.69) is 20.3 Å². The van der Waals surface area contributed by atoms with E-state index >= 15 is 0 Å². The van der Waals surface area contributed by atoms with Gasteiger partial charge in [-0.25, -0.2) is 19.2 Å². The van der Waals surface area contributed by atoms with E-state index in [-0.39, 0.29) is 19.6 Å². The van der Waals surface area contributed by atoms with E-state index in [0.717, 1.165) is 16.9 Å². The Bertz CT molecular complexity index is 1250. The molecule has 1 saturated heterocycles. The van der Waals surface area contributed by atoms with Crippen LogP contribution >= 0.6 is 0 Å². The minimum atomic E-state index is -1.12. The average Bonchev–Trinajstić information content (AvgIpc) is 3.29. The van der Waals surface area contributed by atoms with E-state index in [9.17, 15) is 9.18 Å². The standard InChI is InChI=1S/C24H23FN6O2/c25-18-9-11-30(24(32)33-16-17-6-2-1-3-7-17)15-20(18)29-22-14-26-12-19(28-22)21-13-27-23-8-4-5-10-31(21)23/h1-8,10,12-14,18,20H,9,11,15-16H2,(H,28,29). The predicted octanol–water partition coefficient (Wildman–Crippen LogP) is 3.95. The van der Waals surface area contributed by atoms with Gasteiger partial charge in [-0.2, -0.15) is 0 Å². The molecule has 0 saturated carbocycles. The number of hydrogen-bond acceptors (Lipinski definition) is 6. The van der Waals surface area contributed by atoms with Crippen molar-refractivity contribution in [2.24, 2.45) is 0 Å². The number of carbonyl (C=O) groups excluding carboxylic acids is 1. The summed E-state index contributed by atoms with van der Waals surface area (Å²) in [6.45, 7) is 0.664. The molecule has 168 valence electrons. The van der Waals surface area contributed by atoms with Gasteiger partial charge >= 0.3 is 6.09 Å². The van der Waals surface area contributed by atoms with Crippen molar-refractivity contribution < 1.29 is 13.9 Å². The number of halogens is 1. The van der Waals surface area contributed by atoms with Crippen LogP contribution in [0.3, 0.4) is 0 Å². The molecule has 33 heavy (non-hydrogen) atoms. The van der Waals surface area contributed by atoms with Gasteiger partial charge in [0, 0.05) is 19.3 Å². The molecule has 1 aliphatic rings. The molecule has 9 heteroatoms. The van der Waals surface area contributed by atoms with E-state index in [1.165, 1.54) is 4.90 Å². The molecule has 4 heterocycles. The van der Waals surface area contributed by atoms with Crippen molar-refractivity contribution in [2.45, 2.75) is 25.2 Å². The summed E-state index contributed by atoms with van der Waals surface area (Å²) in [6, 6.07) is 14.6. The van der Waals surface area contributed by atoms with Crippen molar-refractivity contribution in [1.29, 1.82) is 0 Å². The van der Waals surface area contributed by atoms with Crippen LogP contribution in [0.15, 0.2) is 73.3 Å². The molecule has 5 rings (SSSR count). The van der Waals surface area contributed by atoms with E-state index in [1.54, 1.807) is 18.6 Å². The Balaban J connectivity index is 1.26. The van der Waals surface area contributed by atoms with E-state index < -0.39 is 18.3 Å². The van der Waals surface area contributed by atoms with Crippen molar-refractivity contribution in [1.82, 2.24) is 24.3 Å². The van der Waals surface area contributed by atoms with Crippen LogP contribution in [-0.2, 0) is 11.3 Å². The molecular weight excluding hydrogens is 423 g/mol. The van der Waals surface area contributed by atoms with Crippen LogP contribution in [0.25, 0.3) is 17.0 Å². The summed E-state index contributed by atoms with van der Waals surface area (Å²) < 4.78 is 22.0. The number of ether oxygens (including phenoxy) is 1. The fourth-order valence-corrected chi connectivity index (χ4v) is 3.91. The molecule has 8 nitrogen and oxygen atoms in total. The van der Waals surface area contributed by atoms with Crippen molar-refractivity contribution in [2.75, 3.05) is 18.4 Å². The van der Waals surface area contributed by atoms with Gasteiger partial charge in [-0.3, -0.25) is 9.38 Å². The lowest BCUT2D eigenvalue weighted by molar-refractivity contribution is 0.0729. The SMILES string of the molecule is O=C(OCc1ccccc1)N1CCC(F)C(Nc2cncc(-c3cnc4ccccn34)n2)C1. The molecule has 1 aromatic carbocycles. The fourth-order valence-electron chi connectivity index (χ4n) is 3.91. The molecule has 2 atom stereocenters. The summed E-state index contributed by atoms with van der Waals surface area (Å²) in [5, 5.41) is 3.11. The lowest BCUT2D eigenvalue weighted by atomic mass is 10.0. The maximum absolute atomic E-state index is 14.7. The van der Waals surface area contributed by atoms with Crippen LogP contribution in [0, 0.1) is 0 Å². The van der Waals surface area contributed by atoms with Crippen molar-refractivity contribution in [3.63, 3.8) is 0 Å². The number of piperidine rings is 1. The van der Waals surface area contributed by atoms with Gasteiger partial charge in [0.25, 0.3) is 0 Å². The topological polar surface area (TPSA) is 84.6 Å². The zero-order valence-corrected chi connectivity index (χ0v) is 17.8. The summed E-state index contributed by atoms with van der Waals surface area (Å²) in [5.74, 6) is 0.436. The zero-order chi connectivity index (χ0) is 22.6. The Morgan fingerprint density at radius 3 is 2.85 bits per heavy atom. The highest BCUT2D eigenvalue weighted by Gasteiger charge is 2.32.